The van der Waals surface area contributed by atoms with Gasteiger partial charge >= 0.3 is 0 Å². The summed E-state index contributed by atoms with van der Waals surface area (Å²) in [7, 11) is 0. The van der Waals surface area contributed by atoms with Crippen LogP contribution in [0.4, 0.5) is 0 Å². The quantitative estimate of drug-likeness (QED) is 0.775. The Labute approximate surface area is 112 Å². The van der Waals surface area contributed by atoms with E-state index >= 15 is 0 Å². The van der Waals surface area contributed by atoms with Crippen LogP contribution < -0.4 is 0 Å². The zero-order valence-electron chi connectivity index (χ0n) is 8.70. The number of nitrogens with zero attached hydrogens (tertiary/aromatic N) is 2. The molecule has 0 N–H and O–H groups in total. The molecule has 0 fully saturated rings. The molecule has 5 heteroatoms. The zero-order chi connectivity index (χ0) is 11.5. The Morgan fingerprint density at radius 2 is 2.19 bits per heavy atom. The summed E-state index contributed by atoms with van der Waals surface area (Å²) in [6.45, 7) is 2.12. The minimum absolute atomic E-state index is 0.512. The van der Waals surface area contributed by atoms with Crippen LogP contribution in [0.15, 0.2) is 22.0 Å². The lowest BCUT2D eigenvalue weighted by Crippen LogP contribution is -1.94. The molecule has 0 saturated heterocycles. The monoisotopic (exact) mass is 316 g/mol. The molecular formula is C11H10BrClN2S. The number of aromatic nitrogens is 2. The first-order valence-corrected chi connectivity index (χ1v) is 7.02. The molecule has 2 heterocycles. The average molecular weight is 318 g/mol. The Hall–Kier alpha value is -0.450. The van der Waals surface area contributed by atoms with Crippen LogP contribution in [0.3, 0.4) is 0 Å². The topological polar surface area (TPSA) is 25.8 Å². The number of rotatable bonds is 3. The fourth-order valence-corrected chi connectivity index (χ4v) is 2.96. The number of aryl methyl sites for hydroxylation is 1. The molecule has 0 aliphatic heterocycles. The second kappa shape index (κ2) is 5.25. The van der Waals surface area contributed by atoms with Crippen molar-refractivity contribution in [2.45, 2.75) is 19.8 Å². The van der Waals surface area contributed by atoms with Gasteiger partial charge in [-0.3, -0.25) is 0 Å². The molecule has 2 aromatic rings. The first kappa shape index (κ1) is 12.0. The number of hydrogen-bond acceptors (Lipinski definition) is 3. The Morgan fingerprint density at radius 3 is 2.81 bits per heavy atom. The zero-order valence-corrected chi connectivity index (χ0v) is 11.9. The van der Waals surface area contributed by atoms with Gasteiger partial charge in [-0.15, -0.1) is 11.3 Å². The van der Waals surface area contributed by atoms with Gasteiger partial charge in [-0.05, 0) is 34.5 Å². The van der Waals surface area contributed by atoms with Crippen LogP contribution in [-0.2, 0) is 6.42 Å². The molecule has 0 spiro atoms. The van der Waals surface area contributed by atoms with E-state index in [0.717, 1.165) is 27.9 Å². The summed E-state index contributed by atoms with van der Waals surface area (Å²) in [6, 6.07) is 3.84. The summed E-state index contributed by atoms with van der Waals surface area (Å²) >= 11 is 11.0. The molecule has 2 nitrogen and oxygen atoms in total. The summed E-state index contributed by atoms with van der Waals surface area (Å²) in [4.78, 5) is 9.78. The largest absolute Gasteiger partial charge is 0.232 e. The third-order valence-corrected chi connectivity index (χ3v) is 3.92. The molecule has 2 aromatic heterocycles. The fourth-order valence-electron chi connectivity index (χ4n) is 1.39. The molecule has 0 unspecified atom stereocenters. The van der Waals surface area contributed by atoms with Gasteiger partial charge < -0.3 is 0 Å². The van der Waals surface area contributed by atoms with E-state index in [0.29, 0.717) is 11.0 Å². The highest BCUT2D eigenvalue weighted by Crippen LogP contribution is 2.28. The standard InChI is InChI=1S/C11H10BrClN2S/c1-2-3-8-5-10(13)15-11(14-8)9-4-7(12)6-16-9/h4-6H,2-3H2,1H3. The van der Waals surface area contributed by atoms with Gasteiger partial charge in [0.05, 0.1) is 4.88 Å². The highest BCUT2D eigenvalue weighted by atomic mass is 79.9. The van der Waals surface area contributed by atoms with E-state index in [1.165, 1.54) is 0 Å². The van der Waals surface area contributed by atoms with Crippen molar-refractivity contribution in [2.24, 2.45) is 0 Å². The molecule has 0 atom stereocenters. The molecule has 16 heavy (non-hydrogen) atoms. The van der Waals surface area contributed by atoms with Gasteiger partial charge in [-0.1, -0.05) is 24.9 Å². The minimum Gasteiger partial charge on any atom is -0.232 e. The maximum Gasteiger partial charge on any atom is 0.171 e. The second-order valence-corrected chi connectivity index (χ2v) is 5.60. The average Bonchev–Trinajstić information content (AvgIpc) is 2.64. The van der Waals surface area contributed by atoms with Crippen LogP contribution in [0.5, 0.6) is 0 Å². The summed E-state index contributed by atoms with van der Waals surface area (Å²) in [5.41, 5.74) is 1.00. The van der Waals surface area contributed by atoms with Crippen LogP contribution >= 0.6 is 38.9 Å². The van der Waals surface area contributed by atoms with Crippen molar-refractivity contribution in [1.29, 1.82) is 0 Å². The lowest BCUT2D eigenvalue weighted by atomic mass is 10.2. The predicted molar refractivity (Wildman–Crippen MR) is 72.1 cm³/mol. The van der Waals surface area contributed by atoms with Crippen LogP contribution in [0.25, 0.3) is 10.7 Å². The Bertz CT molecular complexity index is 498. The van der Waals surface area contributed by atoms with Gasteiger partial charge in [-0.25, -0.2) is 9.97 Å². The summed E-state index contributed by atoms with van der Waals surface area (Å²) < 4.78 is 1.05. The lowest BCUT2D eigenvalue weighted by Gasteiger charge is -2.02. The maximum absolute atomic E-state index is 5.98. The summed E-state index contributed by atoms with van der Waals surface area (Å²) in [5.74, 6) is 0.714. The van der Waals surface area contributed by atoms with Crippen molar-refractivity contribution < 1.29 is 0 Å². The van der Waals surface area contributed by atoms with E-state index in [-0.39, 0.29) is 0 Å². The Kier molecular flexibility index (Phi) is 3.95. The van der Waals surface area contributed by atoms with Gasteiger partial charge in [0.25, 0.3) is 0 Å². The van der Waals surface area contributed by atoms with Crippen LogP contribution in [0.1, 0.15) is 19.0 Å². The van der Waals surface area contributed by atoms with Crippen LogP contribution in [-0.4, -0.2) is 9.97 Å². The van der Waals surface area contributed by atoms with Crippen molar-refractivity contribution in [1.82, 2.24) is 9.97 Å². The van der Waals surface area contributed by atoms with E-state index in [4.69, 9.17) is 11.6 Å². The second-order valence-electron chi connectivity index (χ2n) is 3.38. The minimum atomic E-state index is 0.512. The van der Waals surface area contributed by atoms with Crippen molar-refractivity contribution in [3.05, 3.63) is 32.8 Å². The number of thiophene rings is 1. The SMILES string of the molecule is CCCc1cc(Cl)nc(-c2cc(Br)cs2)n1. The maximum atomic E-state index is 5.98. The van der Waals surface area contributed by atoms with Gasteiger partial charge in [-0.2, -0.15) is 0 Å². The van der Waals surface area contributed by atoms with Crippen LogP contribution in [0, 0.1) is 0 Å². The molecule has 0 amide bonds. The van der Waals surface area contributed by atoms with Crippen LogP contribution in [0.2, 0.25) is 5.15 Å². The molecule has 0 aromatic carbocycles. The number of hydrogen-bond donors (Lipinski definition) is 0. The molecule has 2 rings (SSSR count). The molecular weight excluding hydrogens is 308 g/mol. The fraction of sp³-hybridized carbons (Fsp3) is 0.273. The third-order valence-electron chi connectivity index (χ3n) is 2.04. The Balaban J connectivity index is 2.40. The van der Waals surface area contributed by atoms with Gasteiger partial charge in [0, 0.05) is 15.5 Å². The van der Waals surface area contributed by atoms with E-state index in [9.17, 15) is 0 Å². The smallest absolute Gasteiger partial charge is 0.171 e. The predicted octanol–water partition coefficient (Wildman–Crippen LogP) is 4.57. The molecule has 0 aliphatic carbocycles. The van der Waals surface area contributed by atoms with Crippen molar-refractivity contribution in [3.8, 4) is 10.7 Å². The first-order chi connectivity index (χ1) is 7.69. The highest BCUT2D eigenvalue weighted by molar-refractivity contribution is 9.10. The first-order valence-electron chi connectivity index (χ1n) is 4.97. The molecule has 0 bridgehead atoms. The third kappa shape index (κ3) is 2.81. The molecule has 0 aliphatic rings. The van der Waals surface area contributed by atoms with Crippen molar-refractivity contribution >= 4 is 38.9 Å². The molecule has 0 radical (unpaired) electrons. The van der Waals surface area contributed by atoms with Crippen molar-refractivity contribution in [3.63, 3.8) is 0 Å². The highest BCUT2D eigenvalue weighted by Gasteiger charge is 2.07. The summed E-state index contributed by atoms with van der Waals surface area (Å²) in [5, 5.41) is 2.52. The van der Waals surface area contributed by atoms with Gasteiger partial charge in [0.15, 0.2) is 5.82 Å². The number of halogens is 2. The van der Waals surface area contributed by atoms with E-state index in [2.05, 4.69) is 32.8 Å². The van der Waals surface area contributed by atoms with E-state index in [1.54, 1.807) is 11.3 Å². The lowest BCUT2D eigenvalue weighted by molar-refractivity contribution is 0.876. The molecule has 0 saturated carbocycles. The van der Waals surface area contributed by atoms with Gasteiger partial charge in [0.1, 0.15) is 5.15 Å². The molecule has 84 valence electrons. The summed E-state index contributed by atoms with van der Waals surface area (Å²) in [6.07, 6.45) is 1.99. The Morgan fingerprint density at radius 1 is 1.38 bits per heavy atom. The van der Waals surface area contributed by atoms with Gasteiger partial charge in [0.2, 0.25) is 0 Å². The normalized spacial score (nSPS) is 10.7. The van der Waals surface area contributed by atoms with Crippen molar-refractivity contribution in [2.75, 3.05) is 0 Å². The van der Waals surface area contributed by atoms with E-state index < -0.39 is 0 Å². The van der Waals surface area contributed by atoms with E-state index in [1.807, 2.05) is 17.5 Å².